The van der Waals surface area contributed by atoms with Crippen molar-refractivity contribution in [1.29, 1.82) is 0 Å². The predicted molar refractivity (Wildman–Crippen MR) is 86.9 cm³/mol. The van der Waals surface area contributed by atoms with Gasteiger partial charge in [0.25, 0.3) is 5.56 Å². The van der Waals surface area contributed by atoms with Gasteiger partial charge in [-0.2, -0.15) is 0 Å². The zero-order valence-electron chi connectivity index (χ0n) is 12.3. The van der Waals surface area contributed by atoms with Gasteiger partial charge in [-0.25, -0.2) is 0 Å². The van der Waals surface area contributed by atoms with Crippen LogP contribution in [0.4, 0.5) is 0 Å². The van der Waals surface area contributed by atoms with E-state index < -0.39 is 0 Å². The van der Waals surface area contributed by atoms with Gasteiger partial charge in [0.2, 0.25) is 0 Å². The maximum Gasteiger partial charge on any atom is 0.263 e. The molecule has 3 rings (SSSR count). The normalized spacial score (nSPS) is 11.0. The number of nitrogens with zero attached hydrogens (tertiary/aromatic N) is 1. The molecule has 1 heterocycles. The van der Waals surface area contributed by atoms with Crippen molar-refractivity contribution in [1.82, 2.24) is 4.57 Å². The second-order valence-corrected chi connectivity index (χ2v) is 5.31. The molecule has 2 aromatic carbocycles. The molecule has 3 heteroatoms. The van der Waals surface area contributed by atoms with Crippen molar-refractivity contribution in [3.05, 3.63) is 75.7 Å². The smallest absolute Gasteiger partial charge is 0.263 e. The van der Waals surface area contributed by atoms with Crippen LogP contribution in [0.3, 0.4) is 0 Å². The van der Waals surface area contributed by atoms with Crippen LogP contribution < -0.4 is 11.3 Å². The quantitative estimate of drug-likeness (QED) is 0.783. The van der Waals surface area contributed by atoms with E-state index in [1.165, 1.54) is 0 Å². The minimum absolute atomic E-state index is 0.000324. The second-order valence-electron chi connectivity index (χ2n) is 5.31. The molecule has 0 spiro atoms. The number of benzene rings is 2. The first-order chi connectivity index (χ1) is 10.1. The van der Waals surface area contributed by atoms with Gasteiger partial charge >= 0.3 is 0 Å². The van der Waals surface area contributed by atoms with Gasteiger partial charge in [0.15, 0.2) is 0 Å². The molecule has 21 heavy (non-hydrogen) atoms. The highest BCUT2D eigenvalue weighted by Gasteiger charge is 2.12. The number of para-hydroxylation sites is 1. The monoisotopic (exact) mass is 278 g/mol. The summed E-state index contributed by atoms with van der Waals surface area (Å²) in [7, 11) is 0. The molecule has 0 aliphatic heterocycles. The number of nitrogens with two attached hydrogens (primary N) is 1. The SMILES string of the molecule is Cc1ccccc1-n1c(CN)cc2cccc(C)c2c1=O. The Balaban J connectivity index is 2.48. The Labute approximate surface area is 123 Å². The number of fused-ring (bicyclic) bond motifs is 1. The fraction of sp³-hybridized carbons (Fsp3) is 0.167. The lowest BCUT2D eigenvalue weighted by atomic mass is 10.1. The molecule has 106 valence electrons. The number of aryl methyl sites for hydroxylation is 2. The van der Waals surface area contributed by atoms with E-state index in [-0.39, 0.29) is 5.56 Å². The second kappa shape index (κ2) is 5.19. The molecule has 0 amide bonds. The molecule has 3 nitrogen and oxygen atoms in total. The maximum atomic E-state index is 13.0. The Hall–Kier alpha value is -2.39. The number of rotatable bonds is 2. The first kappa shape index (κ1) is 13.6. The fourth-order valence-corrected chi connectivity index (χ4v) is 2.82. The summed E-state index contributed by atoms with van der Waals surface area (Å²) < 4.78 is 1.74. The number of aromatic nitrogens is 1. The van der Waals surface area contributed by atoms with Crippen LogP contribution in [0.15, 0.2) is 53.3 Å². The van der Waals surface area contributed by atoms with Gasteiger partial charge in [0.05, 0.1) is 11.1 Å². The average molecular weight is 278 g/mol. The van der Waals surface area contributed by atoms with E-state index in [1.807, 2.05) is 62.4 Å². The van der Waals surface area contributed by atoms with E-state index in [0.29, 0.717) is 6.54 Å². The van der Waals surface area contributed by atoms with Gasteiger partial charge in [-0.15, -0.1) is 0 Å². The van der Waals surface area contributed by atoms with Gasteiger partial charge in [-0.05, 0) is 42.5 Å². The molecular formula is C18H18N2O. The van der Waals surface area contributed by atoms with E-state index in [0.717, 1.165) is 33.3 Å². The van der Waals surface area contributed by atoms with Crippen LogP contribution in [0.25, 0.3) is 16.5 Å². The minimum atomic E-state index is 0.000324. The van der Waals surface area contributed by atoms with Crippen molar-refractivity contribution >= 4 is 10.8 Å². The van der Waals surface area contributed by atoms with Gasteiger partial charge < -0.3 is 5.73 Å². The number of pyridine rings is 1. The largest absolute Gasteiger partial charge is 0.325 e. The maximum absolute atomic E-state index is 13.0. The highest BCUT2D eigenvalue weighted by molar-refractivity contribution is 5.85. The summed E-state index contributed by atoms with van der Waals surface area (Å²) in [6, 6.07) is 15.8. The van der Waals surface area contributed by atoms with Crippen LogP contribution in [-0.4, -0.2) is 4.57 Å². The summed E-state index contributed by atoms with van der Waals surface area (Å²) in [5, 5.41) is 1.71. The van der Waals surface area contributed by atoms with Crippen LogP contribution >= 0.6 is 0 Å². The Morgan fingerprint density at radius 1 is 1.00 bits per heavy atom. The molecule has 0 saturated carbocycles. The van der Waals surface area contributed by atoms with E-state index in [4.69, 9.17) is 5.73 Å². The molecule has 0 atom stereocenters. The third kappa shape index (κ3) is 2.16. The van der Waals surface area contributed by atoms with Crippen LogP contribution in [-0.2, 0) is 6.54 Å². The van der Waals surface area contributed by atoms with Crippen LogP contribution in [0.2, 0.25) is 0 Å². The summed E-state index contributed by atoms with van der Waals surface area (Å²) in [6.45, 7) is 4.30. The number of hydrogen-bond donors (Lipinski definition) is 1. The van der Waals surface area contributed by atoms with Crippen molar-refractivity contribution in [2.24, 2.45) is 5.73 Å². The average Bonchev–Trinajstić information content (AvgIpc) is 2.48. The molecule has 0 radical (unpaired) electrons. The van der Waals surface area contributed by atoms with Crippen molar-refractivity contribution < 1.29 is 0 Å². The lowest BCUT2D eigenvalue weighted by molar-refractivity contribution is 0.864. The molecule has 0 fully saturated rings. The summed E-state index contributed by atoms with van der Waals surface area (Å²) in [4.78, 5) is 13.0. The molecule has 0 unspecified atom stereocenters. The molecule has 1 aromatic heterocycles. The molecule has 0 saturated heterocycles. The third-order valence-electron chi connectivity index (χ3n) is 3.90. The molecule has 3 aromatic rings. The zero-order chi connectivity index (χ0) is 15.0. The Morgan fingerprint density at radius 3 is 2.43 bits per heavy atom. The summed E-state index contributed by atoms with van der Waals surface area (Å²) in [6.07, 6.45) is 0. The topological polar surface area (TPSA) is 48.0 Å². The van der Waals surface area contributed by atoms with Crippen LogP contribution in [0, 0.1) is 13.8 Å². The molecular weight excluding hydrogens is 260 g/mol. The van der Waals surface area contributed by atoms with E-state index >= 15 is 0 Å². The summed E-state index contributed by atoms with van der Waals surface area (Å²) in [5.41, 5.74) is 9.65. The fourth-order valence-electron chi connectivity index (χ4n) is 2.82. The zero-order valence-corrected chi connectivity index (χ0v) is 12.3. The van der Waals surface area contributed by atoms with E-state index in [9.17, 15) is 4.79 Å². The number of hydrogen-bond acceptors (Lipinski definition) is 2. The van der Waals surface area contributed by atoms with Crippen molar-refractivity contribution in [3.63, 3.8) is 0 Å². The predicted octanol–water partition coefficient (Wildman–Crippen LogP) is 3.07. The summed E-state index contributed by atoms with van der Waals surface area (Å²) >= 11 is 0. The van der Waals surface area contributed by atoms with E-state index in [2.05, 4.69) is 0 Å². The highest BCUT2D eigenvalue weighted by atomic mass is 16.1. The molecule has 2 N–H and O–H groups in total. The van der Waals surface area contributed by atoms with Crippen molar-refractivity contribution in [2.45, 2.75) is 20.4 Å². The van der Waals surface area contributed by atoms with Gasteiger partial charge in [0.1, 0.15) is 0 Å². The first-order valence-corrected chi connectivity index (χ1v) is 7.04. The Kier molecular flexibility index (Phi) is 3.35. The van der Waals surface area contributed by atoms with Gasteiger partial charge in [0, 0.05) is 12.2 Å². The lowest BCUT2D eigenvalue weighted by Crippen LogP contribution is -2.24. The van der Waals surface area contributed by atoms with E-state index in [1.54, 1.807) is 4.57 Å². The Bertz CT molecular complexity index is 878. The molecule has 0 bridgehead atoms. The minimum Gasteiger partial charge on any atom is -0.325 e. The standard InChI is InChI=1S/C18H18N2O/c1-12-6-3-4-9-16(12)20-15(11-19)10-14-8-5-7-13(2)17(14)18(20)21/h3-10H,11,19H2,1-2H3. The lowest BCUT2D eigenvalue weighted by Gasteiger charge is -2.16. The van der Waals surface area contributed by atoms with Crippen LogP contribution in [0.1, 0.15) is 16.8 Å². The molecule has 0 aliphatic carbocycles. The Morgan fingerprint density at radius 2 is 1.71 bits per heavy atom. The van der Waals surface area contributed by atoms with Crippen molar-refractivity contribution in [3.8, 4) is 5.69 Å². The van der Waals surface area contributed by atoms with Crippen molar-refractivity contribution in [2.75, 3.05) is 0 Å². The third-order valence-corrected chi connectivity index (χ3v) is 3.90. The highest BCUT2D eigenvalue weighted by Crippen LogP contribution is 2.20. The summed E-state index contributed by atoms with van der Waals surface area (Å²) in [5.74, 6) is 0. The molecule has 0 aliphatic rings. The van der Waals surface area contributed by atoms with Crippen LogP contribution in [0.5, 0.6) is 0 Å². The van der Waals surface area contributed by atoms with Gasteiger partial charge in [-0.1, -0.05) is 36.4 Å². The first-order valence-electron chi connectivity index (χ1n) is 7.04. The van der Waals surface area contributed by atoms with Gasteiger partial charge in [-0.3, -0.25) is 9.36 Å².